The van der Waals surface area contributed by atoms with Crippen LogP contribution in [0.4, 0.5) is 0 Å². The van der Waals surface area contributed by atoms with Crippen molar-refractivity contribution in [1.29, 1.82) is 0 Å². The third-order valence-corrected chi connectivity index (χ3v) is 4.43. The third kappa shape index (κ3) is 2.79. The molecular formula is C13H22BrNO. The lowest BCUT2D eigenvalue weighted by Gasteiger charge is -2.39. The Balaban J connectivity index is 1.92. The Morgan fingerprint density at radius 3 is 2.25 bits per heavy atom. The smallest absolute Gasteiger partial charge is 0.225 e. The lowest BCUT2D eigenvalue weighted by molar-refractivity contribution is -0.140. The zero-order valence-electron chi connectivity index (χ0n) is 9.96. The molecule has 0 N–H and O–H groups in total. The van der Waals surface area contributed by atoms with Crippen LogP contribution in [0, 0.1) is 5.92 Å². The van der Waals surface area contributed by atoms with E-state index in [9.17, 15) is 4.79 Å². The molecule has 2 saturated carbocycles. The molecule has 0 radical (unpaired) electrons. The lowest BCUT2D eigenvalue weighted by Crippen LogP contribution is -2.48. The van der Waals surface area contributed by atoms with Gasteiger partial charge >= 0.3 is 0 Å². The van der Waals surface area contributed by atoms with Gasteiger partial charge in [0.1, 0.15) is 0 Å². The van der Waals surface area contributed by atoms with E-state index < -0.39 is 0 Å². The number of alkyl halides is 1. The van der Waals surface area contributed by atoms with Crippen molar-refractivity contribution in [2.45, 2.75) is 57.4 Å². The van der Waals surface area contributed by atoms with E-state index in [1.807, 2.05) is 0 Å². The van der Waals surface area contributed by atoms with Gasteiger partial charge in [0.2, 0.25) is 5.91 Å². The quantitative estimate of drug-likeness (QED) is 0.727. The van der Waals surface area contributed by atoms with Gasteiger partial charge < -0.3 is 4.90 Å². The number of carbonyl (C=O) groups is 1. The minimum Gasteiger partial charge on any atom is -0.339 e. The van der Waals surface area contributed by atoms with Crippen LogP contribution in [0.2, 0.25) is 0 Å². The first-order chi connectivity index (χ1) is 7.83. The highest BCUT2D eigenvalue weighted by molar-refractivity contribution is 9.09. The number of nitrogens with zero attached hydrogens (tertiary/aromatic N) is 1. The van der Waals surface area contributed by atoms with Crippen LogP contribution in [-0.4, -0.2) is 28.7 Å². The summed E-state index contributed by atoms with van der Waals surface area (Å²) in [6, 6.07) is 0.562. The molecule has 0 aromatic rings. The van der Waals surface area contributed by atoms with Crippen LogP contribution in [0.25, 0.3) is 0 Å². The van der Waals surface area contributed by atoms with Crippen molar-refractivity contribution in [2.24, 2.45) is 5.92 Å². The van der Waals surface area contributed by atoms with E-state index in [0.29, 0.717) is 17.9 Å². The number of hydrogen-bond donors (Lipinski definition) is 0. The molecular weight excluding hydrogens is 266 g/mol. The highest BCUT2D eigenvalue weighted by Gasteiger charge is 2.32. The van der Waals surface area contributed by atoms with Gasteiger partial charge in [0.25, 0.3) is 0 Å². The fourth-order valence-electron chi connectivity index (χ4n) is 2.85. The number of amides is 1. The average Bonchev–Trinajstić information content (AvgIpc) is 2.26. The summed E-state index contributed by atoms with van der Waals surface area (Å²) in [5, 5.41) is 0.919. The molecule has 0 spiro atoms. The summed E-state index contributed by atoms with van der Waals surface area (Å²) in [7, 11) is 0. The van der Waals surface area contributed by atoms with Crippen LogP contribution in [-0.2, 0) is 4.79 Å². The van der Waals surface area contributed by atoms with E-state index in [0.717, 1.165) is 24.7 Å². The summed E-state index contributed by atoms with van der Waals surface area (Å²) in [5.74, 6) is 0.789. The molecule has 3 heteroatoms. The lowest BCUT2D eigenvalue weighted by atomic mass is 9.85. The first-order valence-corrected chi connectivity index (χ1v) is 7.81. The molecule has 16 heavy (non-hydrogen) atoms. The molecule has 0 aromatic carbocycles. The van der Waals surface area contributed by atoms with E-state index in [1.54, 1.807) is 0 Å². The number of rotatable bonds is 4. The molecule has 2 nitrogen and oxygen atoms in total. The van der Waals surface area contributed by atoms with Crippen molar-refractivity contribution < 1.29 is 4.79 Å². The second kappa shape index (κ2) is 6.04. The Morgan fingerprint density at radius 2 is 1.75 bits per heavy atom. The van der Waals surface area contributed by atoms with Crippen molar-refractivity contribution in [2.75, 3.05) is 11.9 Å². The maximum absolute atomic E-state index is 12.4. The summed E-state index contributed by atoms with van der Waals surface area (Å²) in [5.41, 5.74) is 0. The van der Waals surface area contributed by atoms with E-state index in [2.05, 4.69) is 20.8 Å². The van der Waals surface area contributed by atoms with Gasteiger partial charge in [-0.05, 0) is 32.1 Å². The zero-order valence-corrected chi connectivity index (χ0v) is 11.5. The van der Waals surface area contributed by atoms with Crippen LogP contribution < -0.4 is 0 Å². The molecule has 0 aromatic heterocycles. The number of halogens is 1. The molecule has 92 valence electrons. The average molecular weight is 288 g/mol. The first-order valence-electron chi connectivity index (χ1n) is 6.69. The van der Waals surface area contributed by atoms with E-state index in [-0.39, 0.29) is 0 Å². The highest BCUT2D eigenvalue weighted by atomic mass is 79.9. The molecule has 2 aliphatic rings. The predicted octanol–water partition coefficient (Wildman–Crippen LogP) is 3.34. The molecule has 0 unspecified atom stereocenters. The standard InChI is InChI=1S/C13H22BrNO/c14-9-10-15(12-7-4-8-12)13(16)11-5-2-1-3-6-11/h11-12H,1-10H2. The predicted molar refractivity (Wildman–Crippen MR) is 69.7 cm³/mol. The monoisotopic (exact) mass is 287 g/mol. The van der Waals surface area contributed by atoms with Crippen LogP contribution in [0.1, 0.15) is 51.4 Å². The summed E-state index contributed by atoms with van der Waals surface area (Å²) >= 11 is 3.47. The fourth-order valence-corrected chi connectivity index (χ4v) is 3.23. The summed E-state index contributed by atoms with van der Waals surface area (Å²) in [6.45, 7) is 0.903. The third-order valence-electron chi connectivity index (χ3n) is 4.08. The zero-order chi connectivity index (χ0) is 11.4. The summed E-state index contributed by atoms with van der Waals surface area (Å²) in [6.07, 6.45) is 9.85. The number of hydrogen-bond acceptors (Lipinski definition) is 1. The number of carbonyl (C=O) groups excluding carboxylic acids is 1. The van der Waals surface area contributed by atoms with E-state index >= 15 is 0 Å². The van der Waals surface area contributed by atoms with Gasteiger partial charge in [0.15, 0.2) is 0 Å². The molecule has 0 heterocycles. The van der Waals surface area contributed by atoms with Crippen molar-refractivity contribution >= 4 is 21.8 Å². The van der Waals surface area contributed by atoms with Crippen molar-refractivity contribution in [3.8, 4) is 0 Å². The normalized spacial score (nSPS) is 22.8. The van der Waals surface area contributed by atoms with Crippen molar-refractivity contribution in [3.05, 3.63) is 0 Å². The molecule has 0 atom stereocenters. The molecule has 2 rings (SSSR count). The highest BCUT2D eigenvalue weighted by Crippen LogP contribution is 2.30. The van der Waals surface area contributed by atoms with E-state index in [4.69, 9.17) is 0 Å². The molecule has 2 fully saturated rings. The van der Waals surface area contributed by atoms with Gasteiger partial charge in [0, 0.05) is 23.8 Å². The van der Waals surface area contributed by atoms with Crippen LogP contribution >= 0.6 is 15.9 Å². The second-order valence-corrected chi connectivity index (χ2v) is 5.93. The molecule has 2 aliphatic carbocycles. The van der Waals surface area contributed by atoms with E-state index in [1.165, 1.54) is 38.5 Å². The summed E-state index contributed by atoms with van der Waals surface area (Å²) < 4.78 is 0. The molecule has 0 saturated heterocycles. The second-order valence-electron chi connectivity index (χ2n) is 5.14. The molecule has 1 amide bonds. The van der Waals surface area contributed by atoms with Gasteiger partial charge in [-0.2, -0.15) is 0 Å². The Bertz CT molecular complexity index is 234. The van der Waals surface area contributed by atoms with Crippen molar-refractivity contribution in [3.63, 3.8) is 0 Å². The Morgan fingerprint density at radius 1 is 1.06 bits per heavy atom. The van der Waals surface area contributed by atoms with Crippen LogP contribution in [0.15, 0.2) is 0 Å². The maximum atomic E-state index is 12.4. The topological polar surface area (TPSA) is 20.3 Å². The fraction of sp³-hybridized carbons (Fsp3) is 0.923. The van der Waals surface area contributed by atoms with Crippen LogP contribution in [0.5, 0.6) is 0 Å². The van der Waals surface area contributed by atoms with Gasteiger partial charge in [-0.15, -0.1) is 0 Å². The summed E-state index contributed by atoms with van der Waals surface area (Å²) in [4.78, 5) is 14.6. The maximum Gasteiger partial charge on any atom is 0.225 e. The van der Waals surface area contributed by atoms with Gasteiger partial charge in [-0.25, -0.2) is 0 Å². The molecule has 0 bridgehead atoms. The van der Waals surface area contributed by atoms with Crippen LogP contribution in [0.3, 0.4) is 0 Å². The first kappa shape index (κ1) is 12.4. The van der Waals surface area contributed by atoms with Gasteiger partial charge in [0.05, 0.1) is 0 Å². The van der Waals surface area contributed by atoms with Crippen molar-refractivity contribution in [1.82, 2.24) is 4.90 Å². The minimum absolute atomic E-state index is 0.341. The Kier molecular flexibility index (Phi) is 4.68. The Hall–Kier alpha value is -0.0500. The van der Waals surface area contributed by atoms with Gasteiger partial charge in [-0.1, -0.05) is 35.2 Å². The van der Waals surface area contributed by atoms with Gasteiger partial charge in [-0.3, -0.25) is 4.79 Å². The molecule has 0 aliphatic heterocycles. The SMILES string of the molecule is O=C(C1CCCCC1)N(CCBr)C1CCC1. The largest absolute Gasteiger partial charge is 0.339 e. The minimum atomic E-state index is 0.341. The Labute approximate surface area is 107 Å².